The van der Waals surface area contributed by atoms with Gasteiger partial charge in [-0.2, -0.15) is 13.2 Å². The first kappa shape index (κ1) is 22.7. The van der Waals surface area contributed by atoms with Crippen molar-refractivity contribution in [2.75, 3.05) is 6.54 Å². The van der Waals surface area contributed by atoms with Crippen LogP contribution in [0.5, 0.6) is 0 Å². The summed E-state index contributed by atoms with van der Waals surface area (Å²) < 4.78 is 52.2. The van der Waals surface area contributed by atoms with Crippen LogP contribution in [-0.4, -0.2) is 40.6 Å². The van der Waals surface area contributed by atoms with Gasteiger partial charge in [0.2, 0.25) is 5.91 Å². The molecule has 1 aliphatic rings. The molecular formula is C22H22F4N2O3. The summed E-state index contributed by atoms with van der Waals surface area (Å²) in [4.78, 5) is 25.3. The van der Waals surface area contributed by atoms with Crippen LogP contribution < -0.4 is 5.32 Å². The van der Waals surface area contributed by atoms with Crippen LogP contribution in [0.25, 0.3) is 0 Å². The van der Waals surface area contributed by atoms with Crippen LogP contribution in [-0.2, 0) is 17.5 Å². The number of hydrogen-bond donors (Lipinski definition) is 2. The lowest BCUT2D eigenvalue weighted by Gasteiger charge is -2.25. The number of carboxylic acid groups (broad SMARTS) is 1. The molecule has 1 amide bonds. The number of benzene rings is 2. The Hall–Kier alpha value is -2.94. The molecule has 3 atom stereocenters. The van der Waals surface area contributed by atoms with Gasteiger partial charge in [-0.15, -0.1) is 0 Å². The molecule has 2 aromatic carbocycles. The number of alkyl halides is 4. The van der Waals surface area contributed by atoms with E-state index >= 15 is 0 Å². The summed E-state index contributed by atoms with van der Waals surface area (Å²) in [6.45, 7) is 1.90. The molecule has 0 saturated carbocycles. The molecule has 2 N–H and O–H groups in total. The lowest BCUT2D eigenvalue weighted by Crippen LogP contribution is -2.43. The number of carboxylic acids is 1. The van der Waals surface area contributed by atoms with E-state index in [-0.39, 0.29) is 31.0 Å². The summed E-state index contributed by atoms with van der Waals surface area (Å²) in [7, 11) is 0. The Morgan fingerprint density at radius 3 is 2.29 bits per heavy atom. The minimum absolute atomic E-state index is 0.00284. The van der Waals surface area contributed by atoms with Gasteiger partial charge in [0.15, 0.2) is 0 Å². The summed E-state index contributed by atoms with van der Waals surface area (Å²) in [6, 6.07) is 9.48. The maximum atomic E-state index is 14.1. The zero-order chi connectivity index (χ0) is 22.8. The standard InChI is InChI=1S/C22H22F4N2O3/c1-13(15-4-6-16(7-5-15)21(30)31)27-20(29)19-10-18(23)12-28(19)11-14-2-8-17(9-3-14)22(24,25)26/h2-9,13,18-19H,10-12H2,1H3,(H,27,29)(H,30,31)/t13?,18-,19?/m0/s1. The van der Waals surface area contributed by atoms with E-state index in [0.717, 1.165) is 12.1 Å². The fourth-order valence-corrected chi connectivity index (χ4v) is 3.64. The maximum Gasteiger partial charge on any atom is 0.416 e. The molecule has 1 saturated heterocycles. The van der Waals surface area contributed by atoms with E-state index in [9.17, 15) is 27.2 Å². The number of carbonyl (C=O) groups is 2. The van der Waals surface area contributed by atoms with E-state index in [1.807, 2.05) is 0 Å². The number of carbonyl (C=O) groups excluding carboxylic acids is 1. The van der Waals surface area contributed by atoms with Crippen molar-refractivity contribution in [2.45, 2.75) is 44.3 Å². The summed E-state index contributed by atoms with van der Waals surface area (Å²) in [6.07, 6.45) is -5.65. The second-order valence-electron chi connectivity index (χ2n) is 7.63. The smallest absolute Gasteiger partial charge is 0.416 e. The summed E-state index contributed by atoms with van der Waals surface area (Å²) >= 11 is 0. The van der Waals surface area contributed by atoms with Gasteiger partial charge in [0.25, 0.3) is 0 Å². The Balaban J connectivity index is 1.65. The van der Waals surface area contributed by atoms with Crippen molar-refractivity contribution < 1.29 is 32.3 Å². The Kier molecular flexibility index (Phi) is 6.64. The minimum atomic E-state index is -4.43. The minimum Gasteiger partial charge on any atom is -0.478 e. The van der Waals surface area contributed by atoms with Crippen molar-refractivity contribution >= 4 is 11.9 Å². The molecule has 9 heteroatoms. The Morgan fingerprint density at radius 1 is 1.13 bits per heavy atom. The Labute approximate surface area is 176 Å². The zero-order valence-corrected chi connectivity index (χ0v) is 16.7. The third kappa shape index (κ3) is 5.61. The van der Waals surface area contributed by atoms with Crippen LogP contribution in [0, 0.1) is 0 Å². The average Bonchev–Trinajstić information content (AvgIpc) is 3.08. The topological polar surface area (TPSA) is 69.6 Å². The number of nitrogens with zero attached hydrogens (tertiary/aromatic N) is 1. The SMILES string of the molecule is CC(NC(=O)C1C[C@H](F)CN1Cc1ccc(C(F)(F)F)cc1)c1ccc(C(=O)O)cc1. The predicted molar refractivity (Wildman–Crippen MR) is 105 cm³/mol. The maximum absolute atomic E-state index is 14.1. The first-order chi connectivity index (χ1) is 14.5. The highest BCUT2D eigenvalue weighted by Crippen LogP contribution is 2.30. The van der Waals surface area contributed by atoms with Crippen molar-refractivity contribution in [2.24, 2.45) is 0 Å². The van der Waals surface area contributed by atoms with Crippen molar-refractivity contribution in [3.63, 3.8) is 0 Å². The fourth-order valence-electron chi connectivity index (χ4n) is 3.64. The van der Waals surface area contributed by atoms with Crippen LogP contribution in [0.15, 0.2) is 48.5 Å². The van der Waals surface area contributed by atoms with E-state index in [2.05, 4.69) is 5.32 Å². The quantitative estimate of drug-likeness (QED) is 0.664. The van der Waals surface area contributed by atoms with Gasteiger partial charge in [-0.1, -0.05) is 24.3 Å². The van der Waals surface area contributed by atoms with Crippen molar-refractivity contribution in [1.82, 2.24) is 10.2 Å². The molecule has 2 unspecified atom stereocenters. The molecule has 166 valence electrons. The molecule has 1 aliphatic heterocycles. The second kappa shape index (κ2) is 9.05. The number of likely N-dealkylation sites (tertiary alicyclic amines) is 1. The van der Waals surface area contributed by atoms with Gasteiger partial charge in [-0.25, -0.2) is 9.18 Å². The number of aromatic carboxylic acids is 1. The predicted octanol–water partition coefficient (Wildman–Crippen LogP) is 4.19. The van der Waals surface area contributed by atoms with Crippen LogP contribution in [0.1, 0.15) is 46.4 Å². The highest BCUT2D eigenvalue weighted by Gasteiger charge is 2.37. The third-order valence-corrected chi connectivity index (χ3v) is 5.34. The third-order valence-electron chi connectivity index (χ3n) is 5.34. The summed E-state index contributed by atoms with van der Waals surface area (Å²) in [5.74, 6) is -1.44. The van der Waals surface area contributed by atoms with Crippen LogP contribution in [0.3, 0.4) is 0 Å². The number of halogens is 4. The van der Waals surface area contributed by atoms with Gasteiger partial charge in [-0.05, 0) is 42.3 Å². The van der Waals surface area contributed by atoms with Gasteiger partial charge in [0, 0.05) is 19.5 Å². The number of nitrogens with one attached hydrogen (secondary N) is 1. The normalized spacial score (nSPS) is 20.4. The summed E-state index contributed by atoms with van der Waals surface area (Å²) in [5.41, 5.74) is 0.610. The largest absolute Gasteiger partial charge is 0.478 e. The average molecular weight is 438 g/mol. The Morgan fingerprint density at radius 2 is 1.74 bits per heavy atom. The van der Waals surface area contributed by atoms with Gasteiger partial charge < -0.3 is 10.4 Å². The molecule has 31 heavy (non-hydrogen) atoms. The van der Waals surface area contributed by atoms with Crippen LogP contribution in [0.4, 0.5) is 17.6 Å². The van der Waals surface area contributed by atoms with Crippen molar-refractivity contribution in [3.05, 3.63) is 70.8 Å². The second-order valence-corrected chi connectivity index (χ2v) is 7.63. The van der Waals surface area contributed by atoms with E-state index in [1.165, 1.54) is 24.3 Å². The molecule has 2 aromatic rings. The van der Waals surface area contributed by atoms with E-state index in [1.54, 1.807) is 24.0 Å². The molecule has 1 heterocycles. The highest BCUT2D eigenvalue weighted by atomic mass is 19.4. The Bertz CT molecular complexity index is 929. The van der Waals surface area contributed by atoms with Crippen molar-refractivity contribution in [3.8, 4) is 0 Å². The number of amides is 1. The fraction of sp³-hybridized carbons (Fsp3) is 0.364. The van der Waals surface area contributed by atoms with Gasteiger partial charge >= 0.3 is 12.1 Å². The zero-order valence-electron chi connectivity index (χ0n) is 16.7. The van der Waals surface area contributed by atoms with Crippen LogP contribution >= 0.6 is 0 Å². The van der Waals surface area contributed by atoms with Gasteiger partial charge in [-0.3, -0.25) is 9.69 Å². The monoisotopic (exact) mass is 438 g/mol. The molecule has 5 nitrogen and oxygen atoms in total. The number of hydrogen-bond acceptors (Lipinski definition) is 3. The van der Waals surface area contributed by atoms with Gasteiger partial charge in [0.05, 0.1) is 23.2 Å². The molecule has 0 aliphatic carbocycles. The lowest BCUT2D eigenvalue weighted by molar-refractivity contribution is -0.137. The molecule has 3 rings (SSSR count). The van der Waals surface area contributed by atoms with Gasteiger partial charge in [0.1, 0.15) is 6.17 Å². The van der Waals surface area contributed by atoms with Crippen LogP contribution in [0.2, 0.25) is 0 Å². The highest BCUT2D eigenvalue weighted by molar-refractivity contribution is 5.87. The number of rotatable bonds is 6. The molecule has 0 aromatic heterocycles. The molecule has 0 radical (unpaired) electrons. The molecular weight excluding hydrogens is 416 g/mol. The van der Waals surface area contributed by atoms with E-state index in [4.69, 9.17) is 5.11 Å². The molecule has 0 bridgehead atoms. The molecule has 1 fully saturated rings. The van der Waals surface area contributed by atoms with E-state index in [0.29, 0.717) is 11.1 Å². The first-order valence-electron chi connectivity index (χ1n) is 9.72. The first-order valence-corrected chi connectivity index (χ1v) is 9.72. The lowest BCUT2D eigenvalue weighted by atomic mass is 10.1. The molecule has 0 spiro atoms. The van der Waals surface area contributed by atoms with E-state index < -0.39 is 36.0 Å². The summed E-state index contributed by atoms with van der Waals surface area (Å²) in [5, 5.41) is 11.8. The van der Waals surface area contributed by atoms with Crippen molar-refractivity contribution in [1.29, 1.82) is 0 Å².